The van der Waals surface area contributed by atoms with Gasteiger partial charge in [0.2, 0.25) is 0 Å². The van der Waals surface area contributed by atoms with Crippen molar-refractivity contribution in [2.24, 2.45) is 0 Å². The zero-order chi connectivity index (χ0) is 11.5. The number of benzene rings is 1. The third-order valence-corrected chi connectivity index (χ3v) is 3.61. The monoisotopic (exact) mass is 214 g/mol. The lowest BCUT2D eigenvalue weighted by atomic mass is 10.1. The Bertz CT molecular complexity index is 411. The molecule has 1 aliphatic rings. The molecular weight excluding hydrogens is 196 g/mol. The Morgan fingerprint density at radius 2 is 2.00 bits per heavy atom. The van der Waals surface area contributed by atoms with Crippen LogP contribution in [0.1, 0.15) is 36.8 Å². The van der Waals surface area contributed by atoms with Gasteiger partial charge < -0.3 is 4.90 Å². The van der Waals surface area contributed by atoms with E-state index in [1.165, 1.54) is 31.4 Å². The Morgan fingerprint density at radius 1 is 1.31 bits per heavy atom. The summed E-state index contributed by atoms with van der Waals surface area (Å²) in [5.74, 6) is 0. The number of rotatable bonds is 2. The maximum Gasteiger partial charge on any atom is 0.0994 e. The number of nitrogens with zero attached hydrogens (tertiary/aromatic N) is 2. The lowest BCUT2D eigenvalue weighted by Gasteiger charge is -2.27. The van der Waals surface area contributed by atoms with Crippen molar-refractivity contribution in [3.05, 3.63) is 29.3 Å². The molecule has 0 amide bonds. The minimum absolute atomic E-state index is 0.687. The second-order valence-electron chi connectivity index (χ2n) is 4.66. The van der Waals surface area contributed by atoms with Crippen LogP contribution in [0.25, 0.3) is 0 Å². The molecule has 84 valence electrons. The molecule has 0 aromatic heterocycles. The van der Waals surface area contributed by atoms with Gasteiger partial charge in [-0.2, -0.15) is 5.26 Å². The zero-order valence-corrected chi connectivity index (χ0v) is 10.0. The van der Waals surface area contributed by atoms with Crippen molar-refractivity contribution < 1.29 is 0 Å². The summed E-state index contributed by atoms with van der Waals surface area (Å²) in [6.45, 7) is 2.00. The van der Waals surface area contributed by atoms with Crippen LogP contribution in [0.5, 0.6) is 0 Å². The fourth-order valence-electron chi connectivity index (χ4n) is 2.50. The van der Waals surface area contributed by atoms with E-state index in [4.69, 9.17) is 5.26 Å². The predicted octanol–water partition coefficient (Wildman–Crippen LogP) is 3.25. The third kappa shape index (κ3) is 2.04. The average Bonchev–Trinajstić information content (AvgIpc) is 2.81. The fourth-order valence-corrected chi connectivity index (χ4v) is 2.50. The molecular formula is C14H18N2. The van der Waals surface area contributed by atoms with Crippen LogP contribution < -0.4 is 4.90 Å². The van der Waals surface area contributed by atoms with Crippen LogP contribution in [0, 0.1) is 18.3 Å². The lowest BCUT2D eigenvalue weighted by Crippen LogP contribution is -2.28. The van der Waals surface area contributed by atoms with Crippen molar-refractivity contribution in [1.82, 2.24) is 0 Å². The minimum atomic E-state index is 0.687. The molecule has 0 N–H and O–H groups in total. The van der Waals surface area contributed by atoms with Crippen LogP contribution in [0.2, 0.25) is 0 Å². The normalized spacial score (nSPS) is 16.1. The summed E-state index contributed by atoms with van der Waals surface area (Å²) >= 11 is 0. The first kappa shape index (κ1) is 11.0. The van der Waals surface area contributed by atoms with E-state index in [9.17, 15) is 0 Å². The molecule has 1 saturated carbocycles. The van der Waals surface area contributed by atoms with E-state index >= 15 is 0 Å². The molecule has 1 fully saturated rings. The molecule has 2 heteroatoms. The van der Waals surface area contributed by atoms with E-state index < -0.39 is 0 Å². The second-order valence-corrected chi connectivity index (χ2v) is 4.66. The van der Waals surface area contributed by atoms with Crippen LogP contribution in [0.4, 0.5) is 5.69 Å². The second kappa shape index (κ2) is 4.57. The summed E-state index contributed by atoms with van der Waals surface area (Å²) in [6.07, 6.45) is 5.31. The number of hydrogen-bond acceptors (Lipinski definition) is 2. The quantitative estimate of drug-likeness (QED) is 0.755. The van der Waals surface area contributed by atoms with Crippen molar-refractivity contribution in [3.8, 4) is 6.07 Å². The average molecular weight is 214 g/mol. The number of nitriles is 1. The van der Waals surface area contributed by atoms with Crippen molar-refractivity contribution in [3.63, 3.8) is 0 Å². The van der Waals surface area contributed by atoms with Gasteiger partial charge in [-0.15, -0.1) is 0 Å². The highest BCUT2D eigenvalue weighted by atomic mass is 15.1. The largest absolute Gasteiger partial charge is 0.372 e. The van der Waals surface area contributed by atoms with Gasteiger partial charge in [-0.25, -0.2) is 0 Å². The first-order valence-corrected chi connectivity index (χ1v) is 5.96. The predicted molar refractivity (Wildman–Crippen MR) is 66.6 cm³/mol. The maximum absolute atomic E-state index is 8.90. The standard InChI is InChI=1S/C14H18N2/c1-11-9-14(8-7-12(11)10-15)16(2)13-5-3-4-6-13/h7-9,13H,3-6H2,1-2H3. The van der Waals surface area contributed by atoms with Crippen LogP contribution in [-0.4, -0.2) is 13.1 Å². The van der Waals surface area contributed by atoms with E-state index in [-0.39, 0.29) is 0 Å². The summed E-state index contributed by atoms with van der Waals surface area (Å²) in [4.78, 5) is 2.36. The van der Waals surface area contributed by atoms with Crippen LogP contribution in [-0.2, 0) is 0 Å². The molecule has 0 atom stereocenters. The summed E-state index contributed by atoms with van der Waals surface area (Å²) in [7, 11) is 2.16. The molecule has 2 nitrogen and oxygen atoms in total. The minimum Gasteiger partial charge on any atom is -0.372 e. The summed E-state index contributed by atoms with van der Waals surface area (Å²) in [6, 6.07) is 9.01. The maximum atomic E-state index is 8.90. The molecule has 1 aliphatic carbocycles. The van der Waals surface area contributed by atoms with Gasteiger partial charge in [-0.05, 0) is 43.5 Å². The Morgan fingerprint density at radius 3 is 2.56 bits per heavy atom. The van der Waals surface area contributed by atoms with E-state index in [0.717, 1.165) is 11.1 Å². The molecule has 0 spiro atoms. The topological polar surface area (TPSA) is 27.0 Å². The third-order valence-electron chi connectivity index (χ3n) is 3.61. The first-order valence-electron chi connectivity index (χ1n) is 5.96. The lowest BCUT2D eigenvalue weighted by molar-refractivity contribution is 0.653. The van der Waals surface area contributed by atoms with Crippen LogP contribution >= 0.6 is 0 Å². The van der Waals surface area contributed by atoms with Crippen molar-refractivity contribution in [1.29, 1.82) is 5.26 Å². The van der Waals surface area contributed by atoms with Crippen LogP contribution in [0.3, 0.4) is 0 Å². The van der Waals surface area contributed by atoms with Gasteiger partial charge >= 0.3 is 0 Å². The molecule has 0 bridgehead atoms. The Hall–Kier alpha value is -1.49. The summed E-state index contributed by atoms with van der Waals surface area (Å²) in [5, 5.41) is 8.90. The molecule has 0 unspecified atom stereocenters. The number of aryl methyl sites for hydroxylation is 1. The van der Waals surface area contributed by atoms with Crippen LogP contribution in [0.15, 0.2) is 18.2 Å². The smallest absolute Gasteiger partial charge is 0.0994 e. The highest BCUT2D eigenvalue weighted by Crippen LogP contribution is 2.27. The molecule has 1 aromatic carbocycles. The molecule has 0 radical (unpaired) electrons. The van der Waals surface area contributed by atoms with E-state index in [2.05, 4.69) is 30.1 Å². The molecule has 0 saturated heterocycles. The molecule has 2 rings (SSSR count). The highest BCUT2D eigenvalue weighted by Gasteiger charge is 2.19. The van der Waals surface area contributed by atoms with Crippen molar-refractivity contribution in [2.45, 2.75) is 38.6 Å². The van der Waals surface area contributed by atoms with Gasteiger partial charge in [-0.1, -0.05) is 12.8 Å². The fraction of sp³-hybridized carbons (Fsp3) is 0.500. The first-order chi connectivity index (χ1) is 7.72. The van der Waals surface area contributed by atoms with Crippen molar-refractivity contribution in [2.75, 3.05) is 11.9 Å². The van der Waals surface area contributed by atoms with Gasteiger partial charge in [-0.3, -0.25) is 0 Å². The van der Waals surface area contributed by atoms with Gasteiger partial charge in [0.25, 0.3) is 0 Å². The Kier molecular flexibility index (Phi) is 3.14. The number of hydrogen-bond donors (Lipinski definition) is 0. The van der Waals surface area contributed by atoms with Gasteiger partial charge in [0.1, 0.15) is 0 Å². The van der Waals surface area contributed by atoms with Gasteiger partial charge in [0.15, 0.2) is 0 Å². The summed E-state index contributed by atoms with van der Waals surface area (Å²) < 4.78 is 0. The van der Waals surface area contributed by atoms with Gasteiger partial charge in [0, 0.05) is 18.8 Å². The molecule has 16 heavy (non-hydrogen) atoms. The highest BCUT2D eigenvalue weighted by molar-refractivity contribution is 5.53. The van der Waals surface area contributed by atoms with Gasteiger partial charge in [0.05, 0.1) is 11.6 Å². The van der Waals surface area contributed by atoms with E-state index in [0.29, 0.717) is 6.04 Å². The molecule has 0 aliphatic heterocycles. The SMILES string of the molecule is Cc1cc(N(C)C2CCCC2)ccc1C#N. The zero-order valence-electron chi connectivity index (χ0n) is 10.0. The van der Waals surface area contributed by atoms with Crippen molar-refractivity contribution >= 4 is 5.69 Å². The summed E-state index contributed by atoms with van der Waals surface area (Å²) in [5.41, 5.74) is 3.09. The molecule has 1 aromatic rings. The molecule has 0 heterocycles. The number of anilines is 1. The Labute approximate surface area is 97.5 Å². The van der Waals surface area contributed by atoms with E-state index in [1.54, 1.807) is 0 Å². The van der Waals surface area contributed by atoms with E-state index in [1.807, 2.05) is 13.0 Å². The Balaban J connectivity index is 2.20.